The molecule has 36 heavy (non-hydrogen) atoms. The molecule has 4 rings (SSSR count). The Labute approximate surface area is 204 Å². The van der Waals surface area contributed by atoms with Crippen LogP contribution in [0.15, 0.2) is 48.5 Å². The largest absolute Gasteiger partial charge is 0.416 e. The summed E-state index contributed by atoms with van der Waals surface area (Å²) in [6.45, 7) is 0.955. The lowest BCUT2D eigenvalue weighted by molar-refractivity contribution is -0.143. The van der Waals surface area contributed by atoms with Crippen LogP contribution in [0.3, 0.4) is 0 Å². The first-order valence-corrected chi connectivity index (χ1v) is 11.6. The van der Waals surface area contributed by atoms with Gasteiger partial charge in [0.2, 0.25) is 0 Å². The molecule has 1 atom stereocenters. The van der Waals surface area contributed by atoms with Gasteiger partial charge in [0.1, 0.15) is 0 Å². The highest BCUT2D eigenvalue weighted by Gasteiger charge is 2.42. The van der Waals surface area contributed by atoms with Crippen molar-refractivity contribution in [2.24, 2.45) is 0 Å². The summed E-state index contributed by atoms with van der Waals surface area (Å²) in [4.78, 5) is 14.9. The van der Waals surface area contributed by atoms with E-state index < -0.39 is 35.6 Å². The van der Waals surface area contributed by atoms with E-state index in [2.05, 4.69) is 5.32 Å². The van der Waals surface area contributed by atoms with Gasteiger partial charge in [-0.25, -0.2) is 4.79 Å². The number of carbonyl (C=O) groups excluding carboxylic acids is 1. The van der Waals surface area contributed by atoms with Gasteiger partial charge >= 0.3 is 18.4 Å². The zero-order valence-electron chi connectivity index (χ0n) is 19.3. The SMILES string of the molecule is O=C1NC(COCc2cc(C(F)(F)F)cc(C(F)(F)F)c2)(c2ccccc2)CCN1C1CCOCC1. The summed E-state index contributed by atoms with van der Waals surface area (Å²) in [5.41, 5.74) is -3.29. The Morgan fingerprint density at radius 2 is 1.58 bits per heavy atom. The summed E-state index contributed by atoms with van der Waals surface area (Å²) in [6, 6.07) is 10.1. The van der Waals surface area contributed by atoms with Gasteiger partial charge in [-0.05, 0) is 48.6 Å². The van der Waals surface area contributed by atoms with E-state index in [1.165, 1.54) is 0 Å². The van der Waals surface area contributed by atoms with Crippen molar-refractivity contribution in [1.29, 1.82) is 0 Å². The molecule has 0 radical (unpaired) electrons. The van der Waals surface area contributed by atoms with Crippen molar-refractivity contribution < 1.29 is 40.6 Å². The molecular weight excluding hydrogens is 490 g/mol. The molecule has 1 N–H and O–H groups in total. The fourth-order valence-electron chi connectivity index (χ4n) is 4.71. The molecule has 5 nitrogen and oxygen atoms in total. The van der Waals surface area contributed by atoms with E-state index in [1.54, 1.807) is 35.2 Å². The molecule has 2 aliphatic heterocycles. The molecule has 2 saturated heterocycles. The van der Waals surface area contributed by atoms with E-state index in [-0.39, 0.29) is 30.3 Å². The smallest absolute Gasteiger partial charge is 0.381 e. The first-order chi connectivity index (χ1) is 17.0. The number of benzene rings is 2. The maximum Gasteiger partial charge on any atom is 0.416 e. The average molecular weight is 516 g/mol. The highest BCUT2D eigenvalue weighted by Crippen LogP contribution is 2.37. The van der Waals surface area contributed by atoms with Crippen LogP contribution in [0.2, 0.25) is 0 Å². The van der Waals surface area contributed by atoms with Crippen molar-refractivity contribution in [2.75, 3.05) is 26.4 Å². The number of carbonyl (C=O) groups is 1. The number of rotatable bonds is 6. The van der Waals surface area contributed by atoms with Crippen molar-refractivity contribution >= 4 is 6.03 Å². The fraction of sp³-hybridized carbons (Fsp3) is 0.480. The molecule has 2 heterocycles. The van der Waals surface area contributed by atoms with E-state index >= 15 is 0 Å². The lowest BCUT2D eigenvalue weighted by Gasteiger charge is -2.46. The van der Waals surface area contributed by atoms with Crippen molar-refractivity contribution in [3.8, 4) is 0 Å². The number of hydrogen-bond donors (Lipinski definition) is 1. The highest BCUT2D eigenvalue weighted by molar-refractivity contribution is 5.77. The van der Waals surface area contributed by atoms with E-state index in [0.717, 1.165) is 18.4 Å². The van der Waals surface area contributed by atoms with Crippen molar-refractivity contribution in [1.82, 2.24) is 10.2 Å². The van der Waals surface area contributed by atoms with Crippen LogP contribution in [-0.4, -0.2) is 43.3 Å². The minimum absolute atomic E-state index is 0.0411. The zero-order chi connectivity index (χ0) is 26.0. The van der Waals surface area contributed by atoms with Gasteiger partial charge in [-0.1, -0.05) is 30.3 Å². The number of nitrogens with one attached hydrogen (secondary N) is 1. The Bertz CT molecular complexity index is 1020. The van der Waals surface area contributed by atoms with Crippen LogP contribution in [0.4, 0.5) is 31.1 Å². The monoisotopic (exact) mass is 516 g/mol. The number of urea groups is 1. The van der Waals surface area contributed by atoms with E-state index in [9.17, 15) is 31.1 Å². The zero-order valence-corrected chi connectivity index (χ0v) is 19.3. The average Bonchev–Trinajstić information content (AvgIpc) is 2.84. The van der Waals surface area contributed by atoms with Gasteiger partial charge in [-0.3, -0.25) is 0 Å². The molecule has 0 bridgehead atoms. The van der Waals surface area contributed by atoms with Gasteiger partial charge in [-0.15, -0.1) is 0 Å². The number of halogens is 6. The third-order valence-electron chi connectivity index (χ3n) is 6.61. The Hall–Kier alpha value is -2.79. The normalized spacial score (nSPS) is 21.9. The number of amides is 2. The standard InChI is InChI=1S/C25H26F6N2O3/c26-24(27,28)19-12-17(13-20(14-19)25(29,30)31)15-36-16-23(18-4-2-1-3-5-18)8-9-33(22(34)32-23)21-6-10-35-11-7-21/h1-5,12-14,21H,6-11,15-16H2,(H,32,34). The molecule has 0 spiro atoms. The maximum absolute atomic E-state index is 13.2. The molecule has 1 unspecified atom stereocenters. The highest BCUT2D eigenvalue weighted by atomic mass is 19.4. The summed E-state index contributed by atoms with van der Waals surface area (Å²) in [6.07, 6.45) is -7.98. The molecule has 2 amide bonds. The quantitative estimate of drug-likeness (QED) is 0.499. The second-order valence-electron chi connectivity index (χ2n) is 9.07. The minimum Gasteiger partial charge on any atom is -0.381 e. The Balaban J connectivity index is 1.53. The van der Waals surface area contributed by atoms with Gasteiger partial charge < -0.3 is 19.7 Å². The molecule has 196 valence electrons. The second-order valence-corrected chi connectivity index (χ2v) is 9.07. The Morgan fingerprint density at radius 3 is 2.14 bits per heavy atom. The van der Waals surface area contributed by atoms with Gasteiger partial charge in [0, 0.05) is 25.8 Å². The predicted molar refractivity (Wildman–Crippen MR) is 118 cm³/mol. The van der Waals surface area contributed by atoms with Crippen LogP contribution in [0, 0.1) is 0 Å². The molecule has 2 aromatic rings. The number of hydrogen-bond acceptors (Lipinski definition) is 3. The lowest BCUT2D eigenvalue weighted by atomic mass is 9.85. The second kappa shape index (κ2) is 10.3. The topological polar surface area (TPSA) is 50.8 Å². The van der Waals surface area contributed by atoms with Gasteiger partial charge in [0.05, 0.1) is 29.9 Å². The first kappa shape index (κ1) is 26.3. The van der Waals surface area contributed by atoms with Crippen LogP contribution in [0.1, 0.15) is 41.5 Å². The van der Waals surface area contributed by atoms with Gasteiger partial charge in [0.15, 0.2) is 0 Å². The molecule has 0 aromatic heterocycles. The third kappa shape index (κ3) is 5.95. The molecular formula is C25H26F6N2O3. The van der Waals surface area contributed by atoms with Crippen LogP contribution in [0.25, 0.3) is 0 Å². The van der Waals surface area contributed by atoms with Crippen LogP contribution in [0.5, 0.6) is 0 Å². The molecule has 0 aliphatic carbocycles. The van der Waals surface area contributed by atoms with E-state index in [4.69, 9.17) is 9.47 Å². The van der Waals surface area contributed by atoms with Crippen molar-refractivity contribution in [3.63, 3.8) is 0 Å². The number of alkyl halides is 6. The molecule has 0 saturated carbocycles. The lowest BCUT2D eigenvalue weighted by Crippen LogP contribution is -2.62. The van der Waals surface area contributed by atoms with Crippen LogP contribution in [-0.2, 0) is 34.0 Å². The van der Waals surface area contributed by atoms with Gasteiger partial charge in [-0.2, -0.15) is 26.3 Å². The maximum atomic E-state index is 13.2. The number of nitrogens with zero attached hydrogens (tertiary/aromatic N) is 1. The van der Waals surface area contributed by atoms with Crippen molar-refractivity contribution in [2.45, 2.75) is 49.8 Å². The predicted octanol–water partition coefficient (Wildman–Crippen LogP) is 5.73. The Kier molecular flexibility index (Phi) is 7.51. The minimum atomic E-state index is -4.94. The summed E-state index contributed by atoms with van der Waals surface area (Å²) in [5.74, 6) is 0. The summed E-state index contributed by atoms with van der Waals surface area (Å²) < 4.78 is 90.2. The van der Waals surface area contributed by atoms with Crippen LogP contribution >= 0.6 is 0 Å². The van der Waals surface area contributed by atoms with Crippen molar-refractivity contribution in [3.05, 3.63) is 70.8 Å². The first-order valence-electron chi connectivity index (χ1n) is 11.6. The molecule has 2 aliphatic rings. The Morgan fingerprint density at radius 1 is 0.972 bits per heavy atom. The summed E-state index contributed by atoms with van der Waals surface area (Å²) >= 11 is 0. The molecule has 11 heteroatoms. The molecule has 2 fully saturated rings. The fourth-order valence-corrected chi connectivity index (χ4v) is 4.71. The summed E-state index contributed by atoms with van der Waals surface area (Å²) in [7, 11) is 0. The third-order valence-corrected chi connectivity index (χ3v) is 6.61. The van der Waals surface area contributed by atoms with E-state index in [0.29, 0.717) is 38.3 Å². The summed E-state index contributed by atoms with van der Waals surface area (Å²) in [5, 5.41) is 3.01. The number of ether oxygens (including phenoxy) is 2. The van der Waals surface area contributed by atoms with E-state index in [1.807, 2.05) is 0 Å². The molecule has 2 aromatic carbocycles. The van der Waals surface area contributed by atoms with Gasteiger partial charge in [0.25, 0.3) is 0 Å². The van der Waals surface area contributed by atoms with Crippen LogP contribution < -0.4 is 5.32 Å².